The molecule has 0 atom stereocenters. The molecule has 0 saturated carbocycles. The van der Waals surface area contributed by atoms with Crippen LogP contribution < -0.4 is 9.47 Å². The lowest BCUT2D eigenvalue weighted by atomic mass is 10.3. The Morgan fingerprint density at radius 1 is 1.00 bits per heavy atom. The monoisotopic (exact) mass is 328 g/mol. The molecule has 2 aromatic rings. The fourth-order valence-electron chi connectivity index (χ4n) is 1.15. The van der Waals surface area contributed by atoms with E-state index in [0.29, 0.717) is 10.8 Å². The van der Waals surface area contributed by atoms with Gasteiger partial charge < -0.3 is 19.7 Å². The maximum absolute atomic E-state index is 12.3. The number of rotatable bonds is 6. The number of carbonyl (C=O) groups is 2. The molecule has 1 aromatic heterocycles. The van der Waals surface area contributed by atoms with Crippen LogP contribution in [0.5, 0.6) is 10.8 Å². The van der Waals surface area contributed by atoms with Crippen LogP contribution in [-0.4, -0.2) is 35.4 Å². The normalized spacial score (nSPS) is 9.32. The Morgan fingerprint density at radius 2 is 1.59 bits per heavy atom. The zero-order chi connectivity index (χ0) is 16.4. The molecule has 2 N–H and O–H groups in total. The minimum Gasteiger partial charge on any atom is -0.482 e. The van der Waals surface area contributed by atoms with Gasteiger partial charge >= 0.3 is 11.9 Å². The van der Waals surface area contributed by atoms with Gasteiger partial charge in [-0.2, -0.15) is 0 Å². The lowest BCUT2D eigenvalue weighted by Gasteiger charge is -2.01. The van der Waals surface area contributed by atoms with Crippen molar-refractivity contribution in [2.75, 3.05) is 13.2 Å². The standard InChI is InChI=1S/C8H7FO3.C6H6O3S/c9-6-1-3-7(4-2-6)12-5-8(10)11;7-5(8)4-9-6-2-1-3-10-6/h1-4H,5H2,(H,10,11);1-3H,4H2,(H,7,8). The minimum absolute atomic E-state index is 0.263. The van der Waals surface area contributed by atoms with Crippen LogP contribution in [0.4, 0.5) is 4.39 Å². The van der Waals surface area contributed by atoms with Crippen molar-refractivity contribution in [3.05, 3.63) is 47.6 Å². The molecule has 0 amide bonds. The van der Waals surface area contributed by atoms with Gasteiger partial charge in [-0.25, -0.2) is 14.0 Å². The van der Waals surface area contributed by atoms with Crippen molar-refractivity contribution in [3.8, 4) is 10.8 Å². The van der Waals surface area contributed by atoms with Crippen LogP contribution in [-0.2, 0) is 9.59 Å². The van der Waals surface area contributed by atoms with Gasteiger partial charge in [0.1, 0.15) is 11.6 Å². The van der Waals surface area contributed by atoms with E-state index in [-0.39, 0.29) is 12.4 Å². The van der Waals surface area contributed by atoms with E-state index < -0.39 is 18.5 Å². The molecule has 0 radical (unpaired) electrons. The van der Waals surface area contributed by atoms with E-state index in [9.17, 15) is 14.0 Å². The molecular formula is C14H13FO6S. The smallest absolute Gasteiger partial charge is 0.341 e. The first kappa shape index (κ1) is 17.4. The second-order valence-corrected chi connectivity index (χ2v) is 4.66. The number of hydrogen-bond donors (Lipinski definition) is 2. The zero-order valence-corrected chi connectivity index (χ0v) is 12.1. The van der Waals surface area contributed by atoms with Gasteiger partial charge in [-0.1, -0.05) is 0 Å². The van der Waals surface area contributed by atoms with Crippen LogP contribution in [0.15, 0.2) is 41.8 Å². The lowest BCUT2D eigenvalue weighted by molar-refractivity contribution is -0.140. The molecule has 22 heavy (non-hydrogen) atoms. The molecule has 0 spiro atoms. The Labute approximate surface area is 129 Å². The summed E-state index contributed by atoms with van der Waals surface area (Å²) in [6.07, 6.45) is 0. The van der Waals surface area contributed by atoms with Crippen molar-refractivity contribution in [3.63, 3.8) is 0 Å². The van der Waals surface area contributed by atoms with Gasteiger partial charge in [0.05, 0.1) is 0 Å². The molecule has 0 aliphatic heterocycles. The maximum atomic E-state index is 12.3. The fraction of sp³-hybridized carbons (Fsp3) is 0.143. The number of carboxylic acid groups (broad SMARTS) is 2. The SMILES string of the molecule is O=C(O)COc1ccc(F)cc1.O=C(O)COc1cccs1. The first-order valence-corrected chi connectivity index (χ1v) is 6.83. The molecular weight excluding hydrogens is 315 g/mol. The summed E-state index contributed by atoms with van der Waals surface area (Å²) in [7, 11) is 0. The van der Waals surface area contributed by atoms with Crippen molar-refractivity contribution in [2.45, 2.75) is 0 Å². The highest BCUT2D eigenvalue weighted by atomic mass is 32.1. The van der Waals surface area contributed by atoms with E-state index in [0.717, 1.165) is 0 Å². The van der Waals surface area contributed by atoms with Crippen molar-refractivity contribution in [2.24, 2.45) is 0 Å². The van der Waals surface area contributed by atoms with Gasteiger partial charge in [0, 0.05) is 0 Å². The Hall–Kier alpha value is -2.61. The number of thiophene rings is 1. The number of hydrogen-bond acceptors (Lipinski definition) is 5. The highest BCUT2D eigenvalue weighted by molar-refractivity contribution is 7.11. The Bertz CT molecular complexity index is 582. The van der Waals surface area contributed by atoms with Crippen LogP contribution in [0.3, 0.4) is 0 Å². The molecule has 1 heterocycles. The molecule has 0 saturated heterocycles. The van der Waals surface area contributed by atoms with E-state index in [1.165, 1.54) is 35.6 Å². The highest BCUT2D eigenvalue weighted by Gasteiger charge is 1.98. The van der Waals surface area contributed by atoms with Gasteiger partial charge in [0.25, 0.3) is 0 Å². The molecule has 2 rings (SSSR count). The molecule has 0 bridgehead atoms. The summed E-state index contributed by atoms with van der Waals surface area (Å²) < 4.78 is 21.9. The summed E-state index contributed by atoms with van der Waals surface area (Å²) in [4.78, 5) is 20.0. The molecule has 0 aliphatic carbocycles. The second kappa shape index (κ2) is 9.35. The summed E-state index contributed by atoms with van der Waals surface area (Å²) in [5.74, 6) is -2.04. The van der Waals surface area contributed by atoms with Gasteiger partial charge in [-0.15, -0.1) is 11.3 Å². The van der Waals surface area contributed by atoms with Crippen molar-refractivity contribution in [1.29, 1.82) is 0 Å². The quantitative estimate of drug-likeness (QED) is 0.846. The van der Waals surface area contributed by atoms with Gasteiger partial charge in [-0.3, -0.25) is 0 Å². The number of carboxylic acids is 2. The van der Waals surface area contributed by atoms with E-state index in [2.05, 4.69) is 0 Å². The van der Waals surface area contributed by atoms with Gasteiger partial charge in [-0.05, 0) is 41.8 Å². The molecule has 6 nitrogen and oxygen atoms in total. The molecule has 0 unspecified atom stereocenters. The van der Waals surface area contributed by atoms with Crippen LogP contribution in [0, 0.1) is 5.82 Å². The first-order valence-electron chi connectivity index (χ1n) is 5.95. The van der Waals surface area contributed by atoms with E-state index >= 15 is 0 Å². The molecule has 0 aliphatic rings. The van der Waals surface area contributed by atoms with Crippen LogP contribution in [0.2, 0.25) is 0 Å². The zero-order valence-electron chi connectivity index (χ0n) is 11.3. The number of ether oxygens (including phenoxy) is 2. The first-order chi connectivity index (χ1) is 10.5. The summed E-state index contributed by atoms with van der Waals surface area (Å²) in [6.45, 7) is -0.674. The predicted molar refractivity (Wildman–Crippen MR) is 77.0 cm³/mol. The molecule has 0 fully saturated rings. The third kappa shape index (κ3) is 7.85. The van der Waals surface area contributed by atoms with Crippen molar-refractivity contribution < 1.29 is 33.7 Å². The van der Waals surface area contributed by atoms with Crippen molar-refractivity contribution in [1.82, 2.24) is 0 Å². The number of aliphatic carboxylic acids is 2. The number of benzene rings is 1. The van der Waals surface area contributed by atoms with E-state index in [1.54, 1.807) is 6.07 Å². The summed E-state index contributed by atoms with van der Waals surface area (Å²) in [6, 6.07) is 8.69. The van der Waals surface area contributed by atoms with E-state index in [1.807, 2.05) is 11.4 Å². The largest absolute Gasteiger partial charge is 0.482 e. The van der Waals surface area contributed by atoms with Crippen LogP contribution >= 0.6 is 11.3 Å². The molecule has 118 valence electrons. The number of halogens is 1. The summed E-state index contributed by atoms with van der Waals surface area (Å²) in [5.41, 5.74) is 0. The van der Waals surface area contributed by atoms with Crippen LogP contribution in [0.1, 0.15) is 0 Å². The summed E-state index contributed by atoms with van der Waals surface area (Å²) >= 11 is 1.38. The van der Waals surface area contributed by atoms with Crippen molar-refractivity contribution >= 4 is 23.3 Å². The van der Waals surface area contributed by atoms with Gasteiger partial charge in [0.15, 0.2) is 18.3 Å². The minimum atomic E-state index is -1.06. The average Bonchev–Trinajstić information content (AvgIpc) is 2.98. The van der Waals surface area contributed by atoms with Gasteiger partial charge in [0.2, 0.25) is 0 Å². The summed E-state index contributed by atoms with van der Waals surface area (Å²) in [5, 5.41) is 18.9. The lowest BCUT2D eigenvalue weighted by Crippen LogP contribution is -2.09. The Morgan fingerprint density at radius 3 is 2.09 bits per heavy atom. The highest BCUT2D eigenvalue weighted by Crippen LogP contribution is 2.17. The van der Waals surface area contributed by atoms with Crippen LogP contribution in [0.25, 0.3) is 0 Å². The third-order valence-electron chi connectivity index (χ3n) is 2.01. The topological polar surface area (TPSA) is 93.1 Å². The Kier molecular flexibility index (Phi) is 7.41. The fourth-order valence-corrected chi connectivity index (χ4v) is 1.73. The predicted octanol–water partition coefficient (Wildman–Crippen LogP) is 2.50. The van der Waals surface area contributed by atoms with E-state index in [4.69, 9.17) is 19.7 Å². The molecule has 8 heteroatoms. The Balaban J connectivity index is 0.000000224. The second-order valence-electron chi connectivity index (χ2n) is 3.75. The maximum Gasteiger partial charge on any atom is 0.341 e. The average molecular weight is 328 g/mol. The molecule has 1 aromatic carbocycles. The third-order valence-corrected chi connectivity index (χ3v) is 2.79.